The summed E-state index contributed by atoms with van der Waals surface area (Å²) in [5, 5.41) is 14.1. The molecule has 2 aromatic heterocycles. The summed E-state index contributed by atoms with van der Waals surface area (Å²) in [5.41, 5.74) is 12.6. The van der Waals surface area contributed by atoms with Crippen LogP contribution in [0.1, 0.15) is 12.5 Å². The number of allylic oxidation sites excluding steroid dienone is 4. The monoisotopic (exact) mass is 945 g/mol. The first kappa shape index (κ1) is 42.1. The molecule has 348 valence electrons. The summed E-state index contributed by atoms with van der Waals surface area (Å²) in [6, 6.07) is 88.9. The third-order valence-corrected chi connectivity index (χ3v) is 15.3. The molecule has 1 aliphatic carbocycles. The van der Waals surface area contributed by atoms with Gasteiger partial charge < -0.3 is 18.8 Å². The smallest absolute Gasteiger partial charge is 0.159 e. The van der Waals surface area contributed by atoms with Gasteiger partial charge in [-0.1, -0.05) is 176 Å². The highest BCUT2D eigenvalue weighted by Crippen LogP contribution is 2.50. The molecule has 1 aliphatic rings. The molecule has 0 saturated carbocycles. The predicted molar refractivity (Wildman–Crippen MR) is 313 cm³/mol. The second kappa shape index (κ2) is 17.0. The molecule has 4 nitrogen and oxygen atoms in total. The van der Waals surface area contributed by atoms with Gasteiger partial charge in [0.1, 0.15) is 5.58 Å². The normalized spacial score (nSPS) is 13.6. The molecule has 2 heterocycles. The molecule has 0 aliphatic heterocycles. The molecule has 0 amide bonds. The Morgan fingerprint density at radius 3 is 1.59 bits per heavy atom. The van der Waals surface area contributed by atoms with Crippen molar-refractivity contribution < 1.29 is 4.42 Å². The lowest BCUT2D eigenvalue weighted by atomic mass is 9.94. The van der Waals surface area contributed by atoms with Crippen LogP contribution < -0.4 is 9.80 Å². The Morgan fingerprint density at radius 1 is 0.351 bits per heavy atom. The van der Waals surface area contributed by atoms with E-state index in [1.807, 2.05) is 0 Å². The van der Waals surface area contributed by atoms with Gasteiger partial charge in [0.2, 0.25) is 0 Å². The van der Waals surface area contributed by atoms with E-state index >= 15 is 0 Å². The quantitative estimate of drug-likeness (QED) is 0.152. The minimum atomic E-state index is 0.222. The highest BCUT2D eigenvalue weighted by molar-refractivity contribution is 6.23. The summed E-state index contributed by atoms with van der Waals surface area (Å²) in [5.74, 6) is 0. The van der Waals surface area contributed by atoms with Crippen molar-refractivity contribution in [1.29, 1.82) is 0 Å². The number of anilines is 6. The van der Waals surface area contributed by atoms with Crippen molar-refractivity contribution in [1.82, 2.24) is 4.57 Å². The van der Waals surface area contributed by atoms with Crippen molar-refractivity contribution in [3.63, 3.8) is 0 Å². The number of benzene rings is 12. The second-order valence-corrected chi connectivity index (χ2v) is 19.6. The first-order chi connectivity index (χ1) is 36.7. The summed E-state index contributed by atoms with van der Waals surface area (Å²) >= 11 is 0. The maximum absolute atomic E-state index is 7.47. The molecule has 4 heteroatoms. The molecule has 0 bridgehead atoms. The van der Waals surface area contributed by atoms with Crippen molar-refractivity contribution >= 4 is 121 Å². The lowest BCUT2D eigenvalue weighted by Gasteiger charge is -2.30. The fourth-order valence-electron chi connectivity index (χ4n) is 11.9. The predicted octanol–water partition coefficient (Wildman–Crippen LogP) is 20.0. The number of hydrogen-bond acceptors (Lipinski definition) is 3. The summed E-state index contributed by atoms with van der Waals surface area (Å²) in [6.45, 7) is 0. The van der Waals surface area contributed by atoms with E-state index in [2.05, 4.69) is 281 Å². The summed E-state index contributed by atoms with van der Waals surface area (Å²) < 4.78 is 10.0. The first-order valence-electron chi connectivity index (χ1n) is 25.6. The Bertz CT molecular complexity index is 4600. The molecule has 0 radical (unpaired) electrons. The topological polar surface area (TPSA) is 24.6 Å². The Morgan fingerprint density at radius 2 is 0.919 bits per heavy atom. The molecule has 15 rings (SSSR count). The standard InChI is InChI=1S/C70H47N3O/c1-4-24-53(25-5-1)71(56-35-32-46-18-10-12-20-48(46)38-56)58-43-64-65-45-61(52-34-37-66-62(41-52)63-40-50-22-14-15-23-51(50)42-67(63)73(66)55-28-8-3-9-29-55)59-30-16-17-31-60(59)69(65)74-70(64)68(44-58)72(54-26-6-2-7-27-54)57-36-33-47-19-11-13-21-49(47)39-57/h1-28,30-45,55H,29H2. The van der Waals surface area contributed by atoms with Crippen molar-refractivity contribution in [2.75, 3.05) is 9.80 Å². The first-order valence-corrected chi connectivity index (χ1v) is 25.6. The number of hydrogen-bond donors (Lipinski definition) is 0. The van der Waals surface area contributed by atoms with Crippen LogP contribution in [0.15, 0.2) is 271 Å². The second-order valence-electron chi connectivity index (χ2n) is 19.6. The minimum absolute atomic E-state index is 0.222. The number of nitrogens with zero attached hydrogens (tertiary/aromatic N) is 3. The number of rotatable bonds is 8. The summed E-state index contributed by atoms with van der Waals surface area (Å²) in [7, 11) is 0. The van der Waals surface area contributed by atoms with Gasteiger partial charge in [-0.05, 0) is 146 Å². The van der Waals surface area contributed by atoms with Crippen LogP contribution in [0, 0.1) is 0 Å². The van der Waals surface area contributed by atoms with Gasteiger partial charge in [-0.15, -0.1) is 0 Å². The Hall–Kier alpha value is -9.64. The molecule has 0 fully saturated rings. The zero-order chi connectivity index (χ0) is 48.7. The van der Waals surface area contributed by atoms with Crippen LogP contribution in [-0.2, 0) is 0 Å². The van der Waals surface area contributed by atoms with E-state index in [-0.39, 0.29) is 6.04 Å². The van der Waals surface area contributed by atoms with Gasteiger partial charge in [0.15, 0.2) is 5.58 Å². The zero-order valence-electron chi connectivity index (χ0n) is 40.4. The highest BCUT2D eigenvalue weighted by atomic mass is 16.3. The average molecular weight is 946 g/mol. The van der Waals surface area contributed by atoms with Gasteiger partial charge in [0, 0.05) is 60.9 Å². The fourth-order valence-corrected chi connectivity index (χ4v) is 11.9. The maximum Gasteiger partial charge on any atom is 0.159 e. The molecule has 74 heavy (non-hydrogen) atoms. The molecule has 12 aromatic carbocycles. The third-order valence-electron chi connectivity index (χ3n) is 15.3. The Labute approximate surface area is 428 Å². The SMILES string of the molecule is C1=CCC(n2c3ccc(-c4cc5c6cc(N(c7ccccc7)c7ccc8ccccc8c7)cc(N(c7ccccc7)c7ccc8ccccc8c7)c6oc5c5ccccc45)cc3c3cc4ccccc4cc32)C=C1. The van der Waals surface area contributed by atoms with Crippen LogP contribution >= 0.6 is 0 Å². The highest BCUT2D eigenvalue weighted by Gasteiger charge is 2.26. The zero-order valence-corrected chi connectivity index (χ0v) is 40.4. The van der Waals surface area contributed by atoms with E-state index in [1.54, 1.807) is 0 Å². The van der Waals surface area contributed by atoms with Crippen LogP contribution in [0.4, 0.5) is 34.1 Å². The van der Waals surface area contributed by atoms with Crippen molar-refractivity contribution in [2.45, 2.75) is 12.5 Å². The Balaban J connectivity index is 1.03. The number of fused-ring (bicyclic) bond motifs is 11. The van der Waals surface area contributed by atoms with E-state index in [1.165, 1.54) is 54.1 Å². The minimum Gasteiger partial charge on any atom is -0.453 e. The average Bonchev–Trinajstić information content (AvgIpc) is 4.00. The molecular weight excluding hydrogens is 899 g/mol. The lowest BCUT2D eigenvalue weighted by Crippen LogP contribution is -2.13. The van der Waals surface area contributed by atoms with E-state index in [0.717, 1.165) is 84.4 Å². The van der Waals surface area contributed by atoms with Crippen molar-refractivity contribution in [3.05, 3.63) is 267 Å². The van der Waals surface area contributed by atoms with Crippen LogP contribution in [0.25, 0.3) is 98.0 Å². The molecule has 1 unspecified atom stereocenters. The molecule has 0 saturated heterocycles. The van der Waals surface area contributed by atoms with Gasteiger partial charge in [-0.3, -0.25) is 0 Å². The van der Waals surface area contributed by atoms with Crippen LogP contribution in [0.2, 0.25) is 0 Å². The van der Waals surface area contributed by atoms with Gasteiger partial charge >= 0.3 is 0 Å². The van der Waals surface area contributed by atoms with E-state index in [9.17, 15) is 0 Å². The number of aromatic nitrogens is 1. The third kappa shape index (κ3) is 6.83. The Kier molecular flexibility index (Phi) is 9.67. The van der Waals surface area contributed by atoms with E-state index in [4.69, 9.17) is 4.42 Å². The lowest BCUT2D eigenvalue weighted by molar-refractivity contribution is 0.648. The van der Waals surface area contributed by atoms with Gasteiger partial charge in [0.25, 0.3) is 0 Å². The van der Waals surface area contributed by atoms with Gasteiger partial charge in [-0.2, -0.15) is 0 Å². The fraction of sp³-hybridized carbons (Fsp3) is 0.0286. The van der Waals surface area contributed by atoms with Crippen molar-refractivity contribution in [2.24, 2.45) is 0 Å². The number of para-hydroxylation sites is 2. The number of furan rings is 1. The van der Waals surface area contributed by atoms with Crippen LogP contribution in [-0.4, -0.2) is 4.57 Å². The van der Waals surface area contributed by atoms with E-state index < -0.39 is 0 Å². The maximum atomic E-state index is 7.47. The largest absolute Gasteiger partial charge is 0.453 e. The molecule has 1 atom stereocenters. The van der Waals surface area contributed by atoms with Crippen LogP contribution in [0.5, 0.6) is 0 Å². The molecular formula is C70H47N3O. The summed E-state index contributed by atoms with van der Waals surface area (Å²) in [4.78, 5) is 4.77. The molecule has 0 spiro atoms. The molecule has 14 aromatic rings. The van der Waals surface area contributed by atoms with Crippen LogP contribution in [0.3, 0.4) is 0 Å². The van der Waals surface area contributed by atoms with Gasteiger partial charge in [-0.25, -0.2) is 0 Å². The van der Waals surface area contributed by atoms with E-state index in [0.29, 0.717) is 0 Å². The van der Waals surface area contributed by atoms with Crippen molar-refractivity contribution in [3.8, 4) is 11.1 Å². The van der Waals surface area contributed by atoms with Gasteiger partial charge in [0.05, 0.1) is 17.2 Å². The molecule has 0 N–H and O–H groups in total. The summed E-state index contributed by atoms with van der Waals surface area (Å²) in [6.07, 6.45) is 9.93.